The van der Waals surface area contributed by atoms with Crippen molar-refractivity contribution in [2.75, 3.05) is 0 Å². The average Bonchev–Trinajstić information content (AvgIpc) is 2.64. The fourth-order valence-corrected chi connectivity index (χ4v) is 3.65. The summed E-state index contributed by atoms with van der Waals surface area (Å²) in [6, 6.07) is 23.0. The smallest absolute Gasteiger partial charge is 0.259 e. The molecule has 0 aliphatic heterocycles. The largest absolute Gasteiger partial charge is 0.306 e. The molecule has 1 N–H and O–H groups in total. The van der Waals surface area contributed by atoms with Gasteiger partial charge in [0.15, 0.2) is 0 Å². The van der Waals surface area contributed by atoms with Crippen LogP contribution < -0.4 is 5.56 Å². The van der Waals surface area contributed by atoms with E-state index in [0.29, 0.717) is 16.7 Å². The highest BCUT2D eigenvalue weighted by atomic mass is 35.5. The van der Waals surface area contributed by atoms with E-state index < -0.39 is 0 Å². The van der Waals surface area contributed by atoms with Gasteiger partial charge in [-0.1, -0.05) is 59.8 Å². The first-order valence-corrected chi connectivity index (χ1v) is 8.92. The lowest BCUT2D eigenvalue weighted by molar-refractivity contribution is 1.18. The Kier molecular flexibility index (Phi) is 4.30. The molecular weight excluding hydrogens is 352 g/mol. The molecule has 3 aromatic carbocycles. The van der Waals surface area contributed by atoms with Gasteiger partial charge in [-0.15, -0.1) is 0 Å². The second-order valence-corrected chi connectivity index (χ2v) is 7.01. The van der Waals surface area contributed by atoms with E-state index in [1.54, 1.807) is 17.8 Å². The quantitative estimate of drug-likeness (QED) is 0.529. The Balaban J connectivity index is 1.66. The zero-order valence-electron chi connectivity index (χ0n) is 13.1. The van der Waals surface area contributed by atoms with E-state index in [-0.39, 0.29) is 5.56 Å². The third-order valence-electron chi connectivity index (χ3n) is 3.81. The molecule has 0 radical (unpaired) electrons. The first kappa shape index (κ1) is 15.9. The van der Waals surface area contributed by atoms with Crippen LogP contribution in [0.5, 0.6) is 0 Å². The predicted octanol–water partition coefficient (Wildman–Crippen LogP) is 5.39. The van der Waals surface area contributed by atoms with Gasteiger partial charge in [0, 0.05) is 15.4 Å². The Labute approximate surface area is 153 Å². The Morgan fingerprint density at radius 2 is 1.60 bits per heavy atom. The van der Waals surface area contributed by atoms with Crippen LogP contribution in [-0.2, 0) is 0 Å². The van der Waals surface area contributed by atoms with Crippen LogP contribution in [0.15, 0.2) is 87.4 Å². The topological polar surface area (TPSA) is 45.8 Å². The molecule has 4 aromatic rings. The maximum atomic E-state index is 12.2. The standard InChI is InChI=1S/C20H13ClN2OS/c21-16-6-2-4-8-18(16)25-14-11-9-13(10-12-14)19-22-17-7-3-1-5-15(17)20(24)23-19/h1-12H,(H,22,23,24). The van der Waals surface area contributed by atoms with E-state index >= 15 is 0 Å². The minimum Gasteiger partial charge on any atom is -0.306 e. The van der Waals surface area contributed by atoms with Crippen molar-refractivity contribution in [2.45, 2.75) is 9.79 Å². The third kappa shape index (κ3) is 3.31. The minimum atomic E-state index is -0.130. The molecule has 0 atom stereocenters. The number of rotatable bonds is 3. The number of aromatic nitrogens is 2. The summed E-state index contributed by atoms with van der Waals surface area (Å²) in [6.07, 6.45) is 0. The molecule has 1 aromatic heterocycles. The molecule has 0 saturated heterocycles. The summed E-state index contributed by atoms with van der Waals surface area (Å²) in [4.78, 5) is 21.7. The molecule has 0 spiro atoms. The van der Waals surface area contributed by atoms with Gasteiger partial charge in [0.05, 0.1) is 15.9 Å². The lowest BCUT2D eigenvalue weighted by atomic mass is 10.2. The van der Waals surface area contributed by atoms with Crippen molar-refractivity contribution in [1.29, 1.82) is 0 Å². The maximum Gasteiger partial charge on any atom is 0.259 e. The molecule has 0 unspecified atom stereocenters. The maximum absolute atomic E-state index is 12.2. The van der Waals surface area contributed by atoms with Crippen LogP contribution in [0.1, 0.15) is 0 Å². The van der Waals surface area contributed by atoms with Gasteiger partial charge in [-0.05, 0) is 36.4 Å². The SMILES string of the molecule is O=c1[nH]c(-c2ccc(Sc3ccccc3Cl)cc2)nc2ccccc12. The van der Waals surface area contributed by atoms with Crippen molar-refractivity contribution >= 4 is 34.3 Å². The first-order valence-electron chi connectivity index (χ1n) is 7.72. The lowest BCUT2D eigenvalue weighted by Crippen LogP contribution is -2.09. The van der Waals surface area contributed by atoms with E-state index in [2.05, 4.69) is 9.97 Å². The van der Waals surface area contributed by atoms with Gasteiger partial charge in [0.2, 0.25) is 0 Å². The monoisotopic (exact) mass is 364 g/mol. The highest BCUT2D eigenvalue weighted by Crippen LogP contribution is 2.33. The fraction of sp³-hybridized carbons (Fsp3) is 0. The third-order valence-corrected chi connectivity index (χ3v) is 5.33. The van der Waals surface area contributed by atoms with Crippen molar-refractivity contribution in [1.82, 2.24) is 9.97 Å². The van der Waals surface area contributed by atoms with Gasteiger partial charge in [0.1, 0.15) is 5.82 Å². The number of hydrogen-bond acceptors (Lipinski definition) is 3. The Morgan fingerprint density at radius 3 is 2.40 bits per heavy atom. The van der Waals surface area contributed by atoms with Gasteiger partial charge in [-0.2, -0.15) is 0 Å². The molecule has 0 saturated carbocycles. The van der Waals surface area contributed by atoms with Gasteiger partial charge in [0.25, 0.3) is 5.56 Å². The van der Waals surface area contributed by atoms with E-state index in [1.807, 2.05) is 66.7 Å². The van der Waals surface area contributed by atoms with Gasteiger partial charge in [-0.3, -0.25) is 4.79 Å². The zero-order valence-corrected chi connectivity index (χ0v) is 14.6. The van der Waals surface area contributed by atoms with Crippen molar-refractivity contribution < 1.29 is 0 Å². The molecule has 0 amide bonds. The van der Waals surface area contributed by atoms with E-state index in [4.69, 9.17) is 11.6 Å². The number of nitrogens with one attached hydrogen (secondary N) is 1. The van der Waals surface area contributed by atoms with Crippen LogP contribution in [-0.4, -0.2) is 9.97 Å². The molecule has 4 rings (SSSR count). The van der Waals surface area contributed by atoms with E-state index in [9.17, 15) is 4.79 Å². The predicted molar refractivity (Wildman–Crippen MR) is 103 cm³/mol. The average molecular weight is 365 g/mol. The molecule has 3 nitrogen and oxygen atoms in total. The van der Waals surface area contributed by atoms with Gasteiger partial charge in [-0.25, -0.2) is 4.98 Å². The summed E-state index contributed by atoms with van der Waals surface area (Å²) >= 11 is 7.80. The summed E-state index contributed by atoms with van der Waals surface area (Å²) in [5.41, 5.74) is 1.43. The van der Waals surface area contributed by atoms with Crippen LogP contribution in [0, 0.1) is 0 Å². The first-order chi connectivity index (χ1) is 12.2. The number of para-hydroxylation sites is 1. The van der Waals surface area contributed by atoms with Crippen molar-refractivity contribution in [3.63, 3.8) is 0 Å². The minimum absolute atomic E-state index is 0.130. The second-order valence-electron chi connectivity index (χ2n) is 5.49. The number of nitrogens with zero attached hydrogens (tertiary/aromatic N) is 1. The molecule has 0 aliphatic carbocycles. The molecule has 1 heterocycles. The highest BCUT2D eigenvalue weighted by molar-refractivity contribution is 7.99. The number of H-pyrrole nitrogens is 1. The van der Waals surface area contributed by atoms with Gasteiger partial charge < -0.3 is 4.98 Å². The van der Waals surface area contributed by atoms with Crippen LogP contribution in [0.4, 0.5) is 0 Å². The molecule has 122 valence electrons. The van der Waals surface area contributed by atoms with Gasteiger partial charge >= 0.3 is 0 Å². The van der Waals surface area contributed by atoms with Crippen LogP contribution in [0.25, 0.3) is 22.3 Å². The zero-order chi connectivity index (χ0) is 17.2. The molecule has 0 aliphatic rings. The summed E-state index contributed by atoms with van der Waals surface area (Å²) in [5, 5.41) is 1.33. The number of benzene rings is 3. The Hall–Kier alpha value is -2.56. The van der Waals surface area contributed by atoms with Crippen molar-refractivity contribution in [2.24, 2.45) is 0 Å². The Bertz CT molecular complexity index is 1110. The van der Waals surface area contributed by atoms with Crippen molar-refractivity contribution in [3.05, 3.63) is 88.2 Å². The number of aromatic amines is 1. The summed E-state index contributed by atoms with van der Waals surface area (Å²) < 4.78 is 0. The molecular formula is C20H13ClN2OS. The summed E-state index contributed by atoms with van der Waals surface area (Å²) in [5.74, 6) is 0.568. The van der Waals surface area contributed by atoms with Crippen LogP contribution >= 0.6 is 23.4 Å². The summed E-state index contributed by atoms with van der Waals surface area (Å²) in [6.45, 7) is 0. The van der Waals surface area contributed by atoms with E-state index in [1.165, 1.54) is 0 Å². The van der Waals surface area contributed by atoms with Crippen LogP contribution in [0.2, 0.25) is 5.02 Å². The summed E-state index contributed by atoms with van der Waals surface area (Å²) in [7, 11) is 0. The molecule has 25 heavy (non-hydrogen) atoms. The highest BCUT2D eigenvalue weighted by Gasteiger charge is 2.07. The lowest BCUT2D eigenvalue weighted by Gasteiger charge is -2.06. The number of fused-ring (bicyclic) bond motifs is 1. The second kappa shape index (κ2) is 6.75. The molecule has 0 bridgehead atoms. The molecule has 5 heteroatoms. The van der Waals surface area contributed by atoms with E-state index in [0.717, 1.165) is 20.4 Å². The fourth-order valence-electron chi connectivity index (χ4n) is 2.56. The van der Waals surface area contributed by atoms with Crippen molar-refractivity contribution in [3.8, 4) is 11.4 Å². The number of halogens is 1. The molecule has 0 fully saturated rings. The Morgan fingerprint density at radius 1 is 0.880 bits per heavy atom. The number of hydrogen-bond donors (Lipinski definition) is 1. The van der Waals surface area contributed by atoms with Crippen LogP contribution in [0.3, 0.4) is 0 Å². The normalized spacial score (nSPS) is 10.9.